The number of amides is 1. The van der Waals surface area contributed by atoms with E-state index in [4.69, 9.17) is 16.9 Å². The molecule has 39 heavy (non-hydrogen) atoms. The molecule has 0 radical (unpaired) electrons. The molecule has 1 saturated heterocycles. The number of pyridine rings is 1. The van der Waals surface area contributed by atoms with Crippen molar-refractivity contribution in [1.29, 1.82) is 5.26 Å². The smallest absolute Gasteiger partial charge is 0.353 e. The van der Waals surface area contributed by atoms with Crippen molar-refractivity contribution in [2.24, 2.45) is 22.2 Å². The molecular weight excluding hydrogens is 527 g/mol. The molecule has 0 bridgehead atoms. The zero-order valence-electron chi connectivity index (χ0n) is 21.6. The van der Waals surface area contributed by atoms with Gasteiger partial charge in [0.25, 0.3) is 0 Å². The molecule has 1 amide bonds. The monoisotopic (exact) mass is 557 g/mol. The lowest BCUT2D eigenvalue weighted by Gasteiger charge is -2.53. The Morgan fingerprint density at radius 3 is 2.44 bits per heavy atom. The van der Waals surface area contributed by atoms with Gasteiger partial charge in [-0.05, 0) is 86.1 Å². The summed E-state index contributed by atoms with van der Waals surface area (Å²) in [6.45, 7) is 2.88. The van der Waals surface area contributed by atoms with E-state index in [1.54, 1.807) is 18.5 Å². The van der Waals surface area contributed by atoms with Crippen LogP contribution in [0, 0.1) is 28.6 Å². The van der Waals surface area contributed by atoms with Crippen molar-refractivity contribution in [1.82, 2.24) is 9.88 Å². The van der Waals surface area contributed by atoms with Crippen molar-refractivity contribution in [3.05, 3.63) is 52.7 Å². The Hall–Kier alpha value is -3.12. The van der Waals surface area contributed by atoms with E-state index < -0.39 is 17.3 Å². The van der Waals surface area contributed by atoms with E-state index in [1.807, 2.05) is 17.0 Å². The van der Waals surface area contributed by atoms with Gasteiger partial charge in [0.2, 0.25) is 5.91 Å². The molecule has 2 saturated carbocycles. The molecule has 1 spiro atoms. The highest BCUT2D eigenvalue weighted by atomic mass is 35.5. The Morgan fingerprint density at radius 1 is 1.13 bits per heavy atom. The topological polar surface area (TPSA) is 72.6 Å². The number of piperazine rings is 1. The fourth-order valence-electron chi connectivity index (χ4n) is 6.31. The fourth-order valence-corrected chi connectivity index (χ4v) is 6.43. The van der Waals surface area contributed by atoms with Gasteiger partial charge < -0.3 is 9.80 Å². The van der Waals surface area contributed by atoms with Crippen LogP contribution >= 0.6 is 11.6 Å². The lowest BCUT2D eigenvalue weighted by molar-refractivity contribution is -0.138. The molecule has 6 nitrogen and oxygen atoms in total. The maximum Gasteiger partial charge on any atom is 0.417 e. The van der Waals surface area contributed by atoms with Crippen LogP contribution in [0.2, 0.25) is 5.02 Å². The van der Waals surface area contributed by atoms with Gasteiger partial charge >= 0.3 is 6.18 Å². The van der Waals surface area contributed by atoms with E-state index in [9.17, 15) is 18.0 Å². The van der Waals surface area contributed by atoms with E-state index in [-0.39, 0.29) is 22.9 Å². The molecule has 3 aliphatic rings. The summed E-state index contributed by atoms with van der Waals surface area (Å²) in [6.07, 6.45) is 5.48. The van der Waals surface area contributed by atoms with Crippen LogP contribution in [0.4, 0.5) is 24.7 Å². The van der Waals surface area contributed by atoms with Gasteiger partial charge in [0.15, 0.2) is 0 Å². The number of aromatic nitrogens is 1. The summed E-state index contributed by atoms with van der Waals surface area (Å²) in [7, 11) is 0. The molecule has 1 aromatic heterocycles. The predicted octanol–water partition coefficient (Wildman–Crippen LogP) is 6.65. The second-order valence-corrected chi connectivity index (χ2v) is 11.4. The molecule has 206 valence electrons. The third-order valence-corrected chi connectivity index (χ3v) is 9.06. The molecule has 0 unspecified atom stereocenters. The zero-order chi connectivity index (χ0) is 27.6. The number of alkyl halides is 3. The highest BCUT2D eigenvalue weighted by Gasteiger charge is 2.49. The third-order valence-electron chi connectivity index (χ3n) is 8.84. The number of hydrogen-bond acceptors (Lipinski definition) is 5. The van der Waals surface area contributed by atoms with Gasteiger partial charge in [-0.25, -0.2) is 4.98 Å². The Balaban J connectivity index is 1.11. The largest absolute Gasteiger partial charge is 0.417 e. The summed E-state index contributed by atoms with van der Waals surface area (Å²) in [6, 6.07) is 8.90. The third kappa shape index (κ3) is 6.06. The number of benzene rings is 1. The minimum Gasteiger partial charge on any atom is -0.353 e. The summed E-state index contributed by atoms with van der Waals surface area (Å²) < 4.78 is 39.7. The van der Waals surface area contributed by atoms with Crippen molar-refractivity contribution >= 4 is 35.2 Å². The molecule has 5 rings (SSSR count). The summed E-state index contributed by atoms with van der Waals surface area (Å²) in [4.78, 5) is 26.0. The summed E-state index contributed by atoms with van der Waals surface area (Å²) in [5, 5.41) is 9.58. The van der Waals surface area contributed by atoms with E-state index in [0.29, 0.717) is 30.5 Å². The van der Waals surface area contributed by atoms with Gasteiger partial charge in [0.1, 0.15) is 5.82 Å². The molecular formula is C29H31ClF3N5O. The van der Waals surface area contributed by atoms with Crippen LogP contribution in [0.3, 0.4) is 0 Å². The van der Waals surface area contributed by atoms with Crippen molar-refractivity contribution < 1.29 is 18.0 Å². The maximum absolute atomic E-state index is 13.2. The number of carbonyl (C=O) groups is 1. The molecule has 3 fully saturated rings. The first-order valence-electron chi connectivity index (χ1n) is 13.5. The van der Waals surface area contributed by atoms with Crippen molar-refractivity contribution in [3.63, 3.8) is 0 Å². The zero-order valence-corrected chi connectivity index (χ0v) is 22.4. The fraction of sp³-hybridized carbons (Fsp3) is 0.517. The van der Waals surface area contributed by atoms with E-state index >= 15 is 0 Å². The molecule has 1 aliphatic heterocycles. The Kier molecular flexibility index (Phi) is 7.86. The second kappa shape index (κ2) is 11.2. The van der Waals surface area contributed by atoms with Crippen LogP contribution in [0.5, 0.6) is 0 Å². The van der Waals surface area contributed by atoms with Crippen LogP contribution < -0.4 is 4.90 Å². The molecule has 1 atom stereocenters. The van der Waals surface area contributed by atoms with Crippen molar-refractivity contribution in [2.75, 3.05) is 31.1 Å². The van der Waals surface area contributed by atoms with E-state index in [1.165, 1.54) is 12.1 Å². The second-order valence-electron chi connectivity index (χ2n) is 11.0. The number of anilines is 1. The first kappa shape index (κ1) is 27.4. The van der Waals surface area contributed by atoms with Gasteiger partial charge in [0.05, 0.1) is 27.9 Å². The highest BCUT2D eigenvalue weighted by Crippen LogP contribution is 2.58. The minimum absolute atomic E-state index is 0.201. The van der Waals surface area contributed by atoms with Crippen LogP contribution in [0.15, 0.2) is 41.5 Å². The van der Waals surface area contributed by atoms with E-state index in [0.717, 1.165) is 63.5 Å². The highest BCUT2D eigenvalue weighted by molar-refractivity contribution is 6.30. The first-order valence-corrected chi connectivity index (χ1v) is 13.8. The summed E-state index contributed by atoms with van der Waals surface area (Å²) in [5.41, 5.74) is -0.938. The molecule has 2 aliphatic carbocycles. The van der Waals surface area contributed by atoms with Gasteiger partial charge in [0, 0.05) is 45.0 Å². The van der Waals surface area contributed by atoms with Crippen molar-refractivity contribution in [3.8, 4) is 6.07 Å². The van der Waals surface area contributed by atoms with Crippen LogP contribution in [0.1, 0.15) is 56.1 Å². The average molecular weight is 558 g/mol. The number of hydrogen-bond donors (Lipinski definition) is 0. The molecule has 2 aromatic rings. The average Bonchev–Trinajstić information content (AvgIpc) is 2.94. The SMILES string of the molecule is N#Cc1ccc(N=CC2CCC3(CC2)CC[C@@H]3CC(=O)N2CCN(c3ccc(Cl)cn3)CC2)cc1C(F)(F)F. The van der Waals surface area contributed by atoms with Crippen molar-refractivity contribution in [2.45, 2.75) is 51.1 Å². The standard InChI is InChI=1S/C29H31ClF3N5O/c30-23-2-4-26(36-19-23)37-11-13-38(14-12-37)27(39)15-22-7-10-28(22)8-5-20(6-9-28)18-35-24-3-1-21(17-34)25(16-24)29(31,32)33/h1-4,16,18-20,22H,5-15H2/t20?,22-,28?/m1/s1. The Morgan fingerprint density at radius 2 is 1.85 bits per heavy atom. The lowest BCUT2D eigenvalue weighted by atomic mass is 9.52. The van der Waals surface area contributed by atoms with Gasteiger partial charge in [-0.15, -0.1) is 0 Å². The van der Waals surface area contributed by atoms with Gasteiger partial charge in [-0.1, -0.05) is 11.6 Å². The molecule has 10 heteroatoms. The number of nitrogens with zero attached hydrogens (tertiary/aromatic N) is 5. The van der Waals surface area contributed by atoms with Crippen LogP contribution in [0.25, 0.3) is 0 Å². The van der Waals surface area contributed by atoms with Gasteiger partial charge in [-0.3, -0.25) is 9.79 Å². The summed E-state index contributed by atoms with van der Waals surface area (Å²) in [5.74, 6) is 1.70. The molecule has 0 N–H and O–H groups in total. The normalized spacial score (nSPS) is 25.5. The maximum atomic E-state index is 13.2. The quantitative estimate of drug-likeness (QED) is 0.386. The first-order chi connectivity index (χ1) is 18.7. The van der Waals surface area contributed by atoms with Gasteiger partial charge in [-0.2, -0.15) is 18.4 Å². The van der Waals surface area contributed by atoms with Crippen LogP contribution in [-0.4, -0.2) is 48.2 Å². The Labute approximate surface area is 231 Å². The minimum atomic E-state index is -4.59. The van der Waals surface area contributed by atoms with Crippen LogP contribution in [-0.2, 0) is 11.0 Å². The van der Waals surface area contributed by atoms with E-state index in [2.05, 4.69) is 14.9 Å². The summed E-state index contributed by atoms with van der Waals surface area (Å²) >= 11 is 5.94. The number of carbonyl (C=O) groups excluding carboxylic acids is 1. The number of halogens is 4. The predicted molar refractivity (Wildman–Crippen MR) is 144 cm³/mol. The Bertz CT molecular complexity index is 1260. The number of nitriles is 1. The molecule has 1 aromatic carbocycles. The lowest BCUT2D eigenvalue weighted by Crippen LogP contribution is -2.51. The molecule has 2 heterocycles. The number of aliphatic imine (C=N–C) groups is 1. The number of rotatable bonds is 5.